The van der Waals surface area contributed by atoms with Crippen molar-refractivity contribution < 1.29 is 9.47 Å². The maximum absolute atomic E-state index is 9.51. The normalized spacial score (nSPS) is 10.6. The molecule has 0 aliphatic rings. The molecule has 0 aliphatic heterocycles. The number of aromatic nitrogens is 1. The van der Waals surface area contributed by atoms with Crippen LogP contribution in [-0.2, 0) is 5.75 Å². The highest BCUT2D eigenvalue weighted by molar-refractivity contribution is 7.98. The van der Waals surface area contributed by atoms with Gasteiger partial charge in [-0.25, -0.2) is 0 Å². The molecule has 142 valence electrons. The predicted octanol–water partition coefficient (Wildman–Crippen LogP) is 4.77. The Labute approximate surface area is 172 Å². The summed E-state index contributed by atoms with van der Waals surface area (Å²) in [5.74, 6) is 2.04. The number of ether oxygens (including phenoxy) is 2. The first-order valence-electron chi connectivity index (χ1n) is 8.32. The number of anilines is 1. The average molecular weight is 411 g/mol. The molecule has 0 unspecified atom stereocenters. The van der Waals surface area contributed by atoms with Crippen LogP contribution >= 0.6 is 23.3 Å². The second kappa shape index (κ2) is 9.78. The van der Waals surface area contributed by atoms with Crippen molar-refractivity contribution in [2.24, 2.45) is 5.10 Å². The lowest BCUT2D eigenvalue weighted by Crippen LogP contribution is -1.94. The molecule has 1 aromatic heterocycles. The molecule has 1 N–H and O–H groups in total. The fourth-order valence-electron chi connectivity index (χ4n) is 2.37. The molecule has 0 saturated heterocycles. The van der Waals surface area contributed by atoms with Crippen LogP contribution in [0.15, 0.2) is 58.7 Å². The van der Waals surface area contributed by atoms with E-state index in [-0.39, 0.29) is 0 Å². The quantitative estimate of drug-likeness (QED) is 0.327. The number of hydrogen-bond acceptors (Lipinski definition) is 8. The van der Waals surface area contributed by atoms with Gasteiger partial charge >= 0.3 is 0 Å². The largest absolute Gasteiger partial charge is 0.493 e. The lowest BCUT2D eigenvalue weighted by Gasteiger charge is -2.07. The van der Waals surface area contributed by atoms with E-state index in [0.717, 1.165) is 11.3 Å². The van der Waals surface area contributed by atoms with Crippen molar-refractivity contribution in [2.75, 3.05) is 19.6 Å². The smallest absolute Gasteiger partial charge is 0.161 e. The Kier molecular flexibility index (Phi) is 6.89. The van der Waals surface area contributed by atoms with Gasteiger partial charge < -0.3 is 9.47 Å². The van der Waals surface area contributed by atoms with E-state index >= 15 is 0 Å². The third-order valence-corrected chi connectivity index (χ3v) is 5.69. The zero-order valence-electron chi connectivity index (χ0n) is 15.4. The van der Waals surface area contributed by atoms with E-state index in [4.69, 9.17) is 9.47 Å². The van der Waals surface area contributed by atoms with E-state index in [9.17, 15) is 5.26 Å². The van der Waals surface area contributed by atoms with E-state index in [1.54, 1.807) is 20.4 Å². The first-order valence-corrected chi connectivity index (χ1v) is 10.1. The first kappa shape index (κ1) is 19.7. The molecule has 0 radical (unpaired) electrons. The predicted molar refractivity (Wildman–Crippen MR) is 114 cm³/mol. The van der Waals surface area contributed by atoms with Crippen molar-refractivity contribution in [1.29, 1.82) is 5.26 Å². The fourth-order valence-corrected chi connectivity index (χ4v) is 4.14. The molecule has 0 amide bonds. The van der Waals surface area contributed by atoms with Crippen molar-refractivity contribution in [3.63, 3.8) is 0 Å². The van der Waals surface area contributed by atoms with Gasteiger partial charge in [-0.3, -0.25) is 5.43 Å². The molecular weight excluding hydrogens is 392 g/mol. The van der Waals surface area contributed by atoms with E-state index in [2.05, 4.69) is 33.1 Å². The van der Waals surface area contributed by atoms with Gasteiger partial charge in [0.15, 0.2) is 11.5 Å². The number of thioether (sulfide) groups is 1. The molecule has 0 bridgehead atoms. The van der Waals surface area contributed by atoms with Gasteiger partial charge in [-0.1, -0.05) is 42.1 Å². The van der Waals surface area contributed by atoms with Gasteiger partial charge in [-0.05, 0) is 40.9 Å². The number of nitrogens with one attached hydrogen (secondary N) is 1. The highest BCUT2D eigenvalue weighted by atomic mass is 32.2. The van der Waals surface area contributed by atoms with Crippen LogP contribution < -0.4 is 14.9 Å². The van der Waals surface area contributed by atoms with Gasteiger partial charge in [-0.15, -0.1) is 0 Å². The molecular formula is C20H18N4O2S2. The molecule has 6 nitrogen and oxygen atoms in total. The standard InChI is InChI=1S/C20H18N4O2S2/c1-25-17-9-8-15(10-18(17)26-2)12-22-23-19-16(11-21)20(24-28-19)27-13-14-6-4-3-5-7-14/h3-10,12,23H,13H2,1-2H3/b22-12-. The molecule has 28 heavy (non-hydrogen) atoms. The average Bonchev–Trinajstić information content (AvgIpc) is 3.14. The van der Waals surface area contributed by atoms with Crippen molar-refractivity contribution in [1.82, 2.24) is 4.37 Å². The van der Waals surface area contributed by atoms with Gasteiger partial charge in [0.05, 0.1) is 20.4 Å². The lowest BCUT2D eigenvalue weighted by atomic mass is 10.2. The molecule has 1 heterocycles. The summed E-state index contributed by atoms with van der Waals surface area (Å²) in [5.41, 5.74) is 5.45. The number of hydrazone groups is 1. The van der Waals surface area contributed by atoms with Crippen LogP contribution in [0.5, 0.6) is 11.5 Å². The second-order valence-corrected chi connectivity index (χ2v) is 7.30. The van der Waals surface area contributed by atoms with E-state index < -0.39 is 0 Å². The fraction of sp³-hybridized carbons (Fsp3) is 0.150. The van der Waals surface area contributed by atoms with E-state index in [1.165, 1.54) is 28.9 Å². The van der Waals surface area contributed by atoms with Crippen LogP contribution in [0.4, 0.5) is 5.00 Å². The number of rotatable bonds is 8. The first-order chi connectivity index (χ1) is 13.7. The summed E-state index contributed by atoms with van der Waals surface area (Å²) in [5, 5.41) is 15.1. The number of methoxy groups -OCH3 is 2. The Bertz CT molecular complexity index is 997. The highest BCUT2D eigenvalue weighted by Crippen LogP contribution is 2.33. The maximum atomic E-state index is 9.51. The van der Waals surface area contributed by atoms with Crippen LogP contribution in [0.3, 0.4) is 0 Å². The summed E-state index contributed by atoms with van der Waals surface area (Å²) >= 11 is 2.76. The molecule has 0 fully saturated rings. The van der Waals surface area contributed by atoms with Crippen LogP contribution in [0.1, 0.15) is 16.7 Å². The minimum Gasteiger partial charge on any atom is -0.493 e. The Morgan fingerprint density at radius 3 is 2.68 bits per heavy atom. The summed E-state index contributed by atoms with van der Waals surface area (Å²) < 4.78 is 14.9. The Balaban J connectivity index is 1.67. The number of nitriles is 1. The third-order valence-electron chi connectivity index (χ3n) is 3.78. The lowest BCUT2D eigenvalue weighted by molar-refractivity contribution is 0.355. The van der Waals surface area contributed by atoms with Gasteiger partial charge in [0.2, 0.25) is 0 Å². The molecule has 0 atom stereocenters. The summed E-state index contributed by atoms with van der Waals surface area (Å²) in [6, 6.07) is 17.8. The Morgan fingerprint density at radius 2 is 1.96 bits per heavy atom. The Morgan fingerprint density at radius 1 is 1.18 bits per heavy atom. The molecule has 8 heteroatoms. The Hall–Kier alpha value is -3.02. The summed E-state index contributed by atoms with van der Waals surface area (Å²) in [6.07, 6.45) is 1.65. The minimum absolute atomic E-state index is 0.510. The van der Waals surface area contributed by atoms with Gasteiger partial charge in [0.1, 0.15) is 21.7 Å². The SMILES string of the molecule is COc1ccc(/C=N\Nc2snc(SCc3ccccc3)c2C#N)cc1OC. The number of nitrogens with zero attached hydrogens (tertiary/aromatic N) is 3. The van der Waals surface area contributed by atoms with Crippen molar-refractivity contribution in [2.45, 2.75) is 10.8 Å². The maximum Gasteiger partial charge on any atom is 0.161 e. The van der Waals surface area contributed by atoms with Gasteiger partial charge in [0, 0.05) is 5.75 Å². The monoisotopic (exact) mass is 410 g/mol. The van der Waals surface area contributed by atoms with Crippen LogP contribution in [0.25, 0.3) is 0 Å². The molecule has 0 aliphatic carbocycles. The van der Waals surface area contributed by atoms with Crippen molar-refractivity contribution >= 4 is 34.5 Å². The second-order valence-electron chi connectivity index (χ2n) is 5.56. The van der Waals surface area contributed by atoms with Gasteiger partial charge in [-0.2, -0.15) is 14.7 Å². The van der Waals surface area contributed by atoms with Crippen LogP contribution in [0.2, 0.25) is 0 Å². The molecule has 0 saturated carbocycles. The summed E-state index contributed by atoms with van der Waals surface area (Å²) in [4.78, 5) is 0. The van der Waals surface area contributed by atoms with E-state index in [0.29, 0.717) is 27.1 Å². The number of benzene rings is 2. The summed E-state index contributed by atoms with van der Waals surface area (Å²) in [7, 11) is 3.18. The van der Waals surface area contributed by atoms with Crippen molar-refractivity contribution in [3.05, 3.63) is 65.2 Å². The highest BCUT2D eigenvalue weighted by Gasteiger charge is 2.14. The third kappa shape index (κ3) is 4.82. The zero-order valence-corrected chi connectivity index (χ0v) is 17.0. The summed E-state index contributed by atoms with van der Waals surface area (Å²) in [6.45, 7) is 0. The minimum atomic E-state index is 0.510. The topological polar surface area (TPSA) is 79.5 Å². The van der Waals surface area contributed by atoms with Crippen LogP contribution in [0, 0.1) is 11.3 Å². The molecule has 0 spiro atoms. The molecule has 2 aromatic carbocycles. The van der Waals surface area contributed by atoms with Crippen LogP contribution in [-0.4, -0.2) is 24.8 Å². The molecule has 3 rings (SSSR count). The number of hydrogen-bond donors (Lipinski definition) is 1. The molecule has 3 aromatic rings. The zero-order chi connectivity index (χ0) is 19.8. The van der Waals surface area contributed by atoms with Crippen molar-refractivity contribution in [3.8, 4) is 17.6 Å². The van der Waals surface area contributed by atoms with E-state index in [1.807, 2.05) is 36.4 Å². The van der Waals surface area contributed by atoms with Gasteiger partial charge in [0.25, 0.3) is 0 Å².